The molecular weight excluding hydrogens is 515 g/mol. The van der Waals surface area contributed by atoms with Crippen LogP contribution in [-0.2, 0) is 33.4 Å². The second kappa shape index (κ2) is 17.3. The van der Waals surface area contributed by atoms with E-state index in [0.717, 1.165) is 18.4 Å². The molecule has 2 heterocycles. The van der Waals surface area contributed by atoms with Crippen LogP contribution in [0.4, 0.5) is 13.2 Å². The summed E-state index contributed by atoms with van der Waals surface area (Å²) >= 11 is 0. The van der Waals surface area contributed by atoms with Gasteiger partial charge in [0.15, 0.2) is 0 Å². The molecule has 2 N–H and O–H groups in total. The van der Waals surface area contributed by atoms with Crippen LogP contribution in [0.3, 0.4) is 0 Å². The number of aliphatic carboxylic acids is 1. The van der Waals surface area contributed by atoms with Crippen LogP contribution in [-0.4, -0.2) is 91.5 Å². The van der Waals surface area contributed by atoms with Gasteiger partial charge in [0.25, 0.3) is 0 Å². The summed E-state index contributed by atoms with van der Waals surface area (Å²) in [6.07, 6.45) is 0.533. The maximum Gasteiger partial charge on any atom is 0.490 e. The Balaban J connectivity index is 0.000000905. The standard InChI is InChI=1S/C22H33N3O6.C2HF3O2/c1-3-4-10-31-20(27)7-11-29-13-14-30-12-9-24-22(28)18-15-19(26)25(2)21(18)17-6-5-8-23-16-17;3-2(4,5)1(6)7/h5-6,8,16,18,21H,3-4,7,9-15H2,1-2H3,(H,24,28);(H,6,7)/t18-,21+;/m0./s1. The summed E-state index contributed by atoms with van der Waals surface area (Å²) in [5.41, 5.74) is 0.846. The van der Waals surface area contributed by atoms with Gasteiger partial charge in [-0.3, -0.25) is 19.4 Å². The second-order valence-electron chi connectivity index (χ2n) is 8.19. The molecule has 2 rings (SSSR count). The zero-order valence-corrected chi connectivity index (χ0v) is 21.4. The molecule has 0 aromatic carbocycles. The van der Waals surface area contributed by atoms with E-state index in [9.17, 15) is 27.6 Å². The lowest BCUT2D eigenvalue weighted by molar-refractivity contribution is -0.192. The van der Waals surface area contributed by atoms with Crippen molar-refractivity contribution in [3.05, 3.63) is 30.1 Å². The number of nitrogens with one attached hydrogen (secondary N) is 1. The van der Waals surface area contributed by atoms with Gasteiger partial charge in [-0.2, -0.15) is 13.2 Å². The second-order valence-corrected chi connectivity index (χ2v) is 8.19. The largest absolute Gasteiger partial charge is 0.490 e. The van der Waals surface area contributed by atoms with Crippen molar-refractivity contribution >= 4 is 23.8 Å². The number of hydrogen-bond donors (Lipinski definition) is 2. The highest BCUT2D eigenvalue weighted by Crippen LogP contribution is 2.36. The average molecular weight is 550 g/mol. The molecular formula is C24H34F3N3O8. The van der Waals surface area contributed by atoms with E-state index in [-0.39, 0.29) is 36.7 Å². The fourth-order valence-corrected chi connectivity index (χ4v) is 3.37. The normalized spacial score (nSPS) is 17.0. The van der Waals surface area contributed by atoms with E-state index in [1.807, 2.05) is 13.0 Å². The molecule has 2 atom stereocenters. The number of carbonyl (C=O) groups excluding carboxylic acids is 3. The third kappa shape index (κ3) is 12.3. The van der Waals surface area contributed by atoms with Gasteiger partial charge in [0.05, 0.1) is 51.4 Å². The minimum Gasteiger partial charge on any atom is -0.475 e. The van der Waals surface area contributed by atoms with Crippen LogP contribution in [0.2, 0.25) is 0 Å². The van der Waals surface area contributed by atoms with Crippen LogP contribution < -0.4 is 5.32 Å². The number of nitrogens with zero attached hydrogens (tertiary/aromatic N) is 2. The van der Waals surface area contributed by atoms with Gasteiger partial charge in [-0.1, -0.05) is 19.4 Å². The summed E-state index contributed by atoms with van der Waals surface area (Å²) in [5.74, 6) is -3.70. The number of carboxylic acid groups (broad SMARTS) is 1. The molecule has 1 saturated heterocycles. The predicted octanol–water partition coefficient (Wildman–Crippen LogP) is 2.12. The first-order valence-electron chi connectivity index (χ1n) is 12.0. The molecule has 38 heavy (non-hydrogen) atoms. The first kappa shape index (κ1) is 32.8. The van der Waals surface area contributed by atoms with Gasteiger partial charge in [0.1, 0.15) is 0 Å². The van der Waals surface area contributed by atoms with Crippen LogP contribution in [0.25, 0.3) is 0 Å². The minimum atomic E-state index is -5.08. The molecule has 1 aliphatic rings. The molecule has 11 nitrogen and oxygen atoms in total. The van der Waals surface area contributed by atoms with E-state index in [2.05, 4.69) is 10.3 Å². The number of carbonyl (C=O) groups is 4. The molecule has 14 heteroatoms. The molecule has 2 amide bonds. The molecule has 0 unspecified atom stereocenters. The Morgan fingerprint density at radius 3 is 2.39 bits per heavy atom. The number of alkyl halides is 3. The fraction of sp³-hybridized carbons (Fsp3) is 0.625. The Morgan fingerprint density at radius 1 is 1.16 bits per heavy atom. The van der Waals surface area contributed by atoms with Gasteiger partial charge >= 0.3 is 18.1 Å². The van der Waals surface area contributed by atoms with Gasteiger partial charge < -0.3 is 29.5 Å². The third-order valence-corrected chi connectivity index (χ3v) is 5.32. The Morgan fingerprint density at radius 2 is 1.82 bits per heavy atom. The topological polar surface area (TPSA) is 144 Å². The SMILES string of the molecule is CCCCOC(=O)CCOCCOCCNC(=O)[C@H]1CC(=O)N(C)[C@@H]1c1cccnc1.O=C(O)C(F)(F)F. The summed E-state index contributed by atoms with van der Waals surface area (Å²) < 4.78 is 47.6. The number of carboxylic acids is 1. The summed E-state index contributed by atoms with van der Waals surface area (Å²) in [4.78, 5) is 50.8. The third-order valence-electron chi connectivity index (χ3n) is 5.32. The van der Waals surface area contributed by atoms with Crippen molar-refractivity contribution in [2.24, 2.45) is 5.92 Å². The number of amides is 2. The number of pyridine rings is 1. The van der Waals surface area contributed by atoms with Crippen LogP contribution in [0.5, 0.6) is 0 Å². The quantitative estimate of drug-likeness (QED) is 0.263. The molecule has 1 fully saturated rings. The number of ether oxygens (including phenoxy) is 3. The smallest absolute Gasteiger partial charge is 0.475 e. The van der Waals surface area contributed by atoms with Crippen LogP contribution in [0, 0.1) is 5.92 Å². The maximum atomic E-state index is 12.6. The van der Waals surface area contributed by atoms with Crippen molar-refractivity contribution in [2.75, 3.05) is 46.6 Å². The number of halogens is 3. The Labute approximate surface area is 218 Å². The summed E-state index contributed by atoms with van der Waals surface area (Å²) in [6, 6.07) is 3.36. The highest BCUT2D eigenvalue weighted by atomic mass is 19.4. The van der Waals surface area contributed by atoms with Crippen molar-refractivity contribution in [1.82, 2.24) is 15.2 Å². The van der Waals surface area contributed by atoms with Crippen molar-refractivity contribution in [2.45, 2.75) is 44.8 Å². The molecule has 214 valence electrons. The van der Waals surface area contributed by atoms with Gasteiger partial charge in [-0.15, -0.1) is 0 Å². The molecule has 0 aliphatic carbocycles. The van der Waals surface area contributed by atoms with E-state index in [0.29, 0.717) is 39.6 Å². The average Bonchev–Trinajstić information content (AvgIpc) is 3.17. The summed E-state index contributed by atoms with van der Waals surface area (Å²) in [6.45, 7) is 4.20. The van der Waals surface area contributed by atoms with Gasteiger partial charge in [0, 0.05) is 32.4 Å². The molecule has 1 aromatic rings. The van der Waals surface area contributed by atoms with Crippen molar-refractivity contribution in [3.8, 4) is 0 Å². The van der Waals surface area contributed by atoms with Gasteiger partial charge in [-0.05, 0) is 18.1 Å². The number of rotatable bonds is 14. The lowest BCUT2D eigenvalue weighted by Crippen LogP contribution is -2.36. The van der Waals surface area contributed by atoms with Crippen molar-refractivity contribution < 1.29 is 51.7 Å². The first-order valence-corrected chi connectivity index (χ1v) is 12.0. The summed E-state index contributed by atoms with van der Waals surface area (Å²) in [5, 5.41) is 9.97. The van der Waals surface area contributed by atoms with E-state index >= 15 is 0 Å². The number of unbranched alkanes of at least 4 members (excludes halogenated alkanes) is 1. The Hall–Kier alpha value is -3.26. The van der Waals surface area contributed by atoms with Crippen LogP contribution >= 0.6 is 0 Å². The van der Waals surface area contributed by atoms with E-state index in [1.54, 1.807) is 30.4 Å². The number of hydrogen-bond acceptors (Lipinski definition) is 8. The number of esters is 1. The predicted molar refractivity (Wildman–Crippen MR) is 127 cm³/mol. The zero-order chi connectivity index (χ0) is 28.6. The van der Waals surface area contributed by atoms with Crippen molar-refractivity contribution in [3.63, 3.8) is 0 Å². The minimum absolute atomic E-state index is 0.0587. The Kier molecular flexibility index (Phi) is 14.9. The first-order chi connectivity index (χ1) is 18.0. The molecule has 1 aliphatic heterocycles. The highest BCUT2D eigenvalue weighted by molar-refractivity contribution is 5.90. The lowest BCUT2D eigenvalue weighted by atomic mass is 9.94. The van der Waals surface area contributed by atoms with Crippen LogP contribution in [0.15, 0.2) is 24.5 Å². The van der Waals surface area contributed by atoms with Crippen molar-refractivity contribution in [1.29, 1.82) is 0 Å². The summed E-state index contributed by atoms with van der Waals surface area (Å²) in [7, 11) is 1.71. The zero-order valence-electron chi connectivity index (χ0n) is 21.4. The Bertz CT molecular complexity index is 886. The monoisotopic (exact) mass is 549 g/mol. The molecule has 0 radical (unpaired) electrons. The molecule has 1 aromatic heterocycles. The lowest BCUT2D eigenvalue weighted by Gasteiger charge is -2.24. The molecule has 0 bridgehead atoms. The molecule has 0 spiro atoms. The van der Waals surface area contributed by atoms with Gasteiger partial charge in [0.2, 0.25) is 11.8 Å². The number of aromatic nitrogens is 1. The molecule has 0 saturated carbocycles. The van der Waals surface area contributed by atoms with Gasteiger partial charge in [-0.25, -0.2) is 4.79 Å². The van der Waals surface area contributed by atoms with E-state index in [1.165, 1.54) is 0 Å². The van der Waals surface area contributed by atoms with E-state index < -0.39 is 18.1 Å². The maximum absolute atomic E-state index is 12.6. The van der Waals surface area contributed by atoms with E-state index in [4.69, 9.17) is 24.1 Å². The fourth-order valence-electron chi connectivity index (χ4n) is 3.37. The van der Waals surface area contributed by atoms with Crippen LogP contribution in [0.1, 0.15) is 44.2 Å². The number of likely N-dealkylation sites (tertiary alicyclic amines) is 1. The highest BCUT2D eigenvalue weighted by Gasteiger charge is 2.42.